The summed E-state index contributed by atoms with van der Waals surface area (Å²) in [6.45, 7) is 6.58. The molecule has 1 aliphatic heterocycles. The van der Waals surface area contributed by atoms with Crippen molar-refractivity contribution in [1.29, 1.82) is 0 Å². The molecule has 0 spiro atoms. The van der Waals surface area contributed by atoms with Crippen molar-refractivity contribution < 1.29 is 0 Å². The first-order valence-electron chi connectivity index (χ1n) is 4.69. The standard InChI is InChI=1S/C12H15N/c1-4-11-12(2,3)9-7-5-6-8-10(9)13-11/h4-8,13H,1-3H3/b11-4+. The predicted octanol–water partition coefficient (Wildman–Crippen LogP) is 3.29. The van der Waals surface area contributed by atoms with Crippen LogP contribution in [0.2, 0.25) is 0 Å². The van der Waals surface area contributed by atoms with Crippen LogP contribution in [0.25, 0.3) is 0 Å². The molecule has 1 nitrogen and oxygen atoms in total. The van der Waals surface area contributed by atoms with E-state index in [2.05, 4.69) is 56.4 Å². The number of benzene rings is 1. The van der Waals surface area contributed by atoms with Crippen LogP contribution >= 0.6 is 0 Å². The Hall–Kier alpha value is -1.24. The van der Waals surface area contributed by atoms with Gasteiger partial charge in [0.25, 0.3) is 0 Å². The SMILES string of the molecule is C/C=C1/Nc2ccccc2C1(C)C. The summed E-state index contributed by atoms with van der Waals surface area (Å²) in [4.78, 5) is 0. The minimum Gasteiger partial charge on any atom is -0.358 e. The highest BCUT2D eigenvalue weighted by Gasteiger charge is 2.33. The lowest BCUT2D eigenvalue weighted by Gasteiger charge is -2.19. The number of rotatable bonds is 0. The molecule has 1 aromatic carbocycles. The molecule has 0 bridgehead atoms. The van der Waals surface area contributed by atoms with Gasteiger partial charge in [-0.1, -0.05) is 38.1 Å². The number of hydrogen-bond acceptors (Lipinski definition) is 1. The Balaban J connectivity index is 2.60. The van der Waals surface area contributed by atoms with Crippen LogP contribution in [0, 0.1) is 0 Å². The van der Waals surface area contributed by atoms with Gasteiger partial charge in [0.05, 0.1) is 0 Å². The van der Waals surface area contributed by atoms with Gasteiger partial charge >= 0.3 is 0 Å². The third kappa shape index (κ3) is 1.07. The summed E-state index contributed by atoms with van der Waals surface area (Å²) < 4.78 is 0. The van der Waals surface area contributed by atoms with Crippen LogP contribution in [0.3, 0.4) is 0 Å². The zero-order valence-electron chi connectivity index (χ0n) is 8.39. The Kier molecular flexibility index (Phi) is 1.69. The van der Waals surface area contributed by atoms with Gasteiger partial charge in [-0.15, -0.1) is 0 Å². The number of anilines is 1. The quantitative estimate of drug-likeness (QED) is 0.634. The lowest BCUT2D eigenvalue weighted by atomic mass is 9.84. The molecule has 0 radical (unpaired) electrons. The normalized spacial score (nSPS) is 21.3. The average Bonchev–Trinajstić information content (AvgIpc) is 2.39. The molecule has 0 unspecified atom stereocenters. The smallest absolute Gasteiger partial charge is 0.0424 e. The van der Waals surface area contributed by atoms with E-state index in [1.807, 2.05) is 0 Å². The second kappa shape index (κ2) is 2.63. The molecular weight excluding hydrogens is 158 g/mol. The second-order valence-electron chi connectivity index (χ2n) is 4.00. The molecule has 0 aliphatic carbocycles. The van der Waals surface area contributed by atoms with Crippen LogP contribution in [-0.4, -0.2) is 0 Å². The van der Waals surface area contributed by atoms with E-state index < -0.39 is 0 Å². The first-order valence-corrected chi connectivity index (χ1v) is 4.69. The van der Waals surface area contributed by atoms with Crippen LogP contribution in [0.5, 0.6) is 0 Å². The highest BCUT2D eigenvalue weighted by Crippen LogP contribution is 2.42. The third-order valence-corrected chi connectivity index (χ3v) is 2.83. The van der Waals surface area contributed by atoms with Gasteiger partial charge in [-0.05, 0) is 18.6 Å². The van der Waals surface area contributed by atoms with Crippen LogP contribution < -0.4 is 5.32 Å². The first kappa shape index (κ1) is 8.36. The van der Waals surface area contributed by atoms with Gasteiger partial charge < -0.3 is 5.32 Å². The van der Waals surface area contributed by atoms with Crippen molar-refractivity contribution in [3.63, 3.8) is 0 Å². The third-order valence-electron chi connectivity index (χ3n) is 2.83. The highest BCUT2D eigenvalue weighted by atomic mass is 14.9. The first-order chi connectivity index (χ1) is 6.16. The van der Waals surface area contributed by atoms with Gasteiger partial charge in [0.15, 0.2) is 0 Å². The van der Waals surface area contributed by atoms with Gasteiger partial charge in [0.1, 0.15) is 0 Å². The molecule has 13 heavy (non-hydrogen) atoms. The van der Waals surface area contributed by atoms with Crippen molar-refractivity contribution in [3.05, 3.63) is 41.6 Å². The molecule has 0 atom stereocenters. The maximum Gasteiger partial charge on any atom is 0.0424 e. The zero-order valence-corrected chi connectivity index (χ0v) is 8.39. The van der Waals surface area contributed by atoms with Crippen molar-refractivity contribution in [3.8, 4) is 0 Å². The lowest BCUT2D eigenvalue weighted by Crippen LogP contribution is -2.16. The fraction of sp³-hybridized carbons (Fsp3) is 0.333. The van der Waals surface area contributed by atoms with E-state index in [0.29, 0.717) is 0 Å². The van der Waals surface area contributed by atoms with Gasteiger partial charge in [0, 0.05) is 16.8 Å². The predicted molar refractivity (Wildman–Crippen MR) is 56.8 cm³/mol. The summed E-state index contributed by atoms with van der Waals surface area (Å²) in [7, 11) is 0. The van der Waals surface area contributed by atoms with Crippen molar-refractivity contribution in [2.75, 3.05) is 5.32 Å². The van der Waals surface area contributed by atoms with Crippen LogP contribution in [0.15, 0.2) is 36.0 Å². The maximum absolute atomic E-state index is 3.44. The Morgan fingerprint density at radius 1 is 1.23 bits per heavy atom. The van der Waals surface area contributed by atoms with Crippen LogP contribution in [0.4, 0.5) is 5.69 Å². The molecule has 1 aliphatic rings. The molecule has 68 valence electrons. The van der Waals surface area contributed by atoms with Crippen molar-refractivity contribution in [2.45, 2.75) is 26.2 Å². The molecule has 0 saturated carbocycles. The number of hydrogen-bond donors (Lipinski definition) is 1. The van der Waals surface area contributed by atoms with E-state index in [1.54, 1.807) is 0 Å². The molecule has 0 fully saturated rings. The summed E-state index contributed by atoms with van der Waals surface area (Å²) in [5.41, 5.74) is 4.09. The van der Waals surface area contributed by atoms with E-state index in [-0.39, 0.29) is 5.41 Å². The molecule has 1 aromatic rings. The van der Waals surface area contributed by atoms with E-state index in [1.165, 1.54) is 16.9 Å². The van der Waals surface area contributed by atoms with Gasteiger partial charge in [-0.25, -0.2) is 0 Å². The fourth-order valence-electron chi connectivity index (χ4n) is 2.02. The summed E-state index contributed by atoms with van der Waals surface area (Å²) in [5.74, 6) is 0. The molecule has 0 saturated heterocycles. The Morgan fingerprint density at radius 3 is 2.54 bits per heavy atom. The minimum absolute atomic E-state index is 0.144. The Bertz CT molecular complexity index is 361. The number of nitrogens with one attached hydrogen (secondary N) is 1. The monoisotopic (exact) mass is 173 g/mol. The minimum atomic E-state index is 0.144. The average molecular weight is 173 g/mol. The summed E-state index contributed by atoms with van der Waals surface area (Å²) in [6.07, 6.45) is 2.15. The van der Waals surface area contributed by atoms with Crippen molar-refractivity contribution in [1.82, 2.24) is 0 Å². The van der Waals surface area contributed by atoms with E-state index in [0.717, 1.165) is 0 Å². The summed E-state index contributed by atoms with van der Waals surface area (Å²) in [5, 5.41) is 3.44. The van der Waals surface area contributed by atoms with Crippen LogP contribution in [-0.2, 0) is 5.41 Å². The molecule has 0 amide bonds. The van der Waals surface area contributed by atoms with Crippen molar-refractivity contribution >= 4 is 5.69 Å². The topological polar surface area (TPSA) is 12.0 Å². The molecule has 2 rings (SSSR count). The lowest BCUT2D eigenvalue weighted by molar-refractivity contribution is 0.653. The summed E-state index contributed by atoms with van der Waals surface area (Å²) in [6, 6.07) is 8.49. The molecule has 0 aromatic heterocycles. The number of allylic oxidation sites excluding steroid dienone is 2. The maximum atomic E-state index is 3.44. The van der Waals surface area contributed by atoms with Crippen molar-refractivity contribution in [2.24, 2.45) is 0 Å². The van der Waals surface area contributed by atoms with E-state index in [9.17, 15) is 0 Å². The second-order valence-corrected chi connectivity index (χ2v) is 4.00. The van der Waals surface area contributed by atoms with Gasteiger partial charge in [-0.3, -0.25) is 0 Å². The molecular formula is C12H15N. The van der Waals surface area contributed by atoms with Gasteiger partial charge in [-0.2, -0.15) is 0 Å². The molecule has 1 heterocycles. The largest absolute Gasteiger partial charge is 0.358 e. The molecule has 1 N–H and O–H groups in total. The molecule has 1 heteroatoms. The van der Waals surface area contributed by atoms with E-state index >= 15 is 0 Å². The van der Waals surface area contributed by atoms with Crippen LogP contribution in [0.1, 0.15) is 26.3 Å². The Labute approximate surface area is 79.5 Å². The fourth-order valence-corrected chi connectivity index (χ4v) is 2.02. The van der Waals surface area contributed by atoms with E-state index in [4.69, 9.17) is 0 Å². The Morgan fingerprint density at radius 2 is 1.92 bits per heavy atom. The number of fused-ring (bicyclic) bond motifs is 1. The highest BCUT2D eigenvalue weighted by molar-refractivity contribution is 5.67. The summed E-state index contributed by atoms with van der Waals surface area (Å²) >= 11 is 0. The number of para-hydroxylation sites is 1. The zero-order chi connectivity index (χ0) is 9.47. The van der Waals surface area contributed by atoms with Gasteiger partial charge in [0.2, 0.25) is 0 Å².